The number of carbonyl (C=O) groups is 1. The molecule has 9 heteroatoms. The minimum Gasteiger partial charge on any atom is -0.343 e. The molecule has 3 aromatic rings. The molecule has 1 aromatic carbocycles. The van der Waals surface area contributed by atoms with Crippen LogP contribution in [0.3, 0.4) is 0 Å². The van der Waals surface area contributed by atoms with E-state index in [0.717, 1.165) is 35.2 Å². The Bertz CT molecular complexity index is 996. The van der Waals surface area contributed by atoms with E-state index in [0.29, 0.717) is 18.4 Å². The maximum atomic E-state index is 12.7. The van der Waals surface area contributed by atoms with Crippen LogP contribution in [0.5, 0.6) is 0 Å². The van der Waals surface area contributed by atoms with Crippen LogP contribution < -0.4 is 5.32 Å². The molecule has 8 nitrogen and oxygen atoms in total. The van der Waals surface area contributed by atoms with Gasteiger partial charge in [-0.15, -0.1) is 10.2 Å². The molecular formula is C21H26N6O2S. The number of hydrogen-bond donors (Lipinski definition) is 1. The summed E-state index contributed by atoms with van der Waals surface area (Å²) in [7, 11) is 0. The van der Waals surface area contributed by atoms with Crippen molar-refractivity contribution in [3.63, 3.8) is 0 Å². The van der Waals surface area contributed by atoms with Gasteiger partial charge < -0.3 is 14.4 Å². The highest BCUT2D eigenvalue weighted by Crippen LogP contribution is 2.38. The molecule has 158 valence electrons. The fourth-order valence-electron chi connectivity index (χ4n) is 3.16. The molecule has 1 saturated carbocycles. The van der Waals surface area contributed by atoms with E-state index in [-0.39, 0.29) is 23.6 Å². The van der Waals surface area contributed by atoms with Crippen LogP contribution in [0, 0.1) is 12.8 Å². The normalized spacial score (nSPS) is 14.8. The molecule has 30 heavy (non-hydrogen) atoms. The van der Waals surface area contributed by atoms with E-state index >= 15 is 0 Å². The lowest BCUT2D eigenvalue weighted by atomic mass is 10.0. The van der Waals surface area contributed by atoms with Crippen molar-refractivity contribution in [3.05, 3.63) is 53.4 Å². The third-order valence-corrected chi connectivity index (χ3v) is 6.03. The highest BCUT2D eigenvalue weighted by Gasteiger charge is 2.31. The van der Waals surface area contributed by atoms with Crippen molar-refractivity contribution in [2.24, 2.45) is 5.92 Å². The zero-order valence-corrected chi connectivity index (χ0v) is 18.2. The number of carbonyl (C=O) groups excluding carboxylic acids is 1. The molecule has 0 radical (unpaired) electrons. The lowest BCUT2D eigenvalue weighted by molar-refractivity contribution is -0.119. The summed E-state index contributed by atoms with van der Waals surface area (Å²) in [6.45, 7) is 6.64. The van der Waals surface area contributed by atoms with Crippen LogP contribution in [0.1, 0.15) is 61.8 Å². The van der Waals surface area contributed by atoms with Gasteiger partial charge in [-0.3, -0.25) is 4.79 Å². The second-order valence-corrected chi connectivity index (χ2v) is 8.89. The predicted octanol–water partition coefficient (Wildman–Crippen LogP) is 3.50. The number of nitrogens with zero attached hydrogens (tertiary/aromatic N) is 5. The monoisotopic (exact) mass is 426 g/mol. The van der Waals surface area contributed by atoms with Crippen molar-refractivity contribution in [1.82, 2.24) is 30.2 Å². The molecule has 0 spiro atoms. The maximum Gasteiger partial charge on any atom is 0.249 e. The maximum absolute atomic E-state index is 12.7. The zero-order valence-electron chi connectivity index (χ0n) is 17.4. The summed E-state index contributed by atoms with van der Waals surface area (Å²) in [6, 6.07) is 9.83. The van der Waals surface area contributed by atoms with Crippen LogP contribution in [0.25, 0.3) is 0 Å². The highest BCUT2D eigenvalue weighted by atomic mass is 32.2. The lowest BCUT2D eigenvalue weighted by Gasteiger charge is -2.18. The van der Waals surface area contributed by atoms with Gasteiger partial charge in [-0.1, -0.05) is 61.1 Å². The molecule has 0 aliphatic heterocycles. The molecule has 1 N–H and O–H groups in total. The Labute approximate surface area is 179 Å². The number of amides is 1. The number of aryl methyl sites for hydroxylation is 1. The van der Waals surface area contributed by atoms with E-state index in [9.17, 15) is 4.79 Å². The number of hydrogen-bond acceptors (Lipinski definition) is 7. The Balaban J connectivity index is 1.38. The number of thioether (sulfide) groups is 1. The number of nitrogens with one attached hydrogen (secondary N) is 1. The standard InChI is InChI=1S/C21H26N6O2S/c1-13(2)18(20-23-19(26-29-20)16-9-10-16)22-17(28)12-30-21-25-24-14(3)27(21)11-15-7-5-4-6-8-15/h4-8,13,16,18H,9-12H2,1-3H3,(H,22,28). The average molecular weight is 427 g/mol. The van der Waals surface area contributed by atoms with Crippen LogP contribution in [-0.2, 0) is 11.3 Å². The van der Waals surface area contributed by atoms with E-state index in [1.807, 2.05) is 43.5 Å². The fraction of sp³-hybridized carbons (Fsp3) is 0.476. The van der Waals surface area contributed by atoms with Gasteiger partial charge in [-0.2, -0.15) is 4.98 Å². The molecule has 0 saturated heterocycles. The van der Waals surface area contributed by atoms with Crippen LogP contribution in [-0.4, -0.2) is 36.6 Å². The van der Waals surface area contributed by atoms with Crippen LogP contribution >= 0.6 is 11.8 Å². The quantitative estimate of drug-likeness (QED) is 0.523. The first-order chi connectivity index (χ1) is 14.5. The van der Waals surface area contributed by atoms with Crippen LogP contribution in [0.2, 0.25) is 0 Å². The Morgan fingerprint density at radius 3 is 2.73 bits per heavy atom. The van der Waals surface area contributed by atoms with Crippen LogP contribution in [0.15, 0.2) is 40.0 Å². The summed E-state index contributed by atoms with van der Waals surface area (Å²) in [5, 5.41) is 16.3. The van der Waals surface area contributed by atoms with Gasteiger partial charge in [0.05, 0.1) is 12.3 Å². The molecule has 1 aliphatic rings. The number of benzene rings is 1. The number of aromatic nitrogens is 5. The molecule has 2 aromatic heterocycles. The van der Waals surface area contributed by atoms with Gasteiger partial charge >= 0.3 is 0 Å². The SMILES string of the molecule is Cc1nnc(SCC(=O)NC(c2nc(C3CC3)no2)C(C)C)n1Cc1ccccc1. The van der Waals surface area contributed by atoms with E-state index in [1.165, 1.54) is 11.8 Å². The zero-order chi connectivity index (χ0) is 21.1. The molecule has 1 atom stereocenters. The molecule has 1 aliphatic carbocycles. The summed E-state index contributed by atoms with van der Waals surface area (Å²) in [6.07, 6.45) is 2.22. The molecule has 1 amide bonds. The first-order valence-electron chi connectivity index (χ1n) is 10.2. The summed E-state index contributed by atoms with van der Waals surface area (Å²) in [5.74, 6) is 2.74. The van der Waals surface area contributed by atoms with Crippen molar-refractivity contribution in [3.8, 4) is 0 Å². The topological polar surface area (TPSA) is 98.7 Å². The number of rotatable bonds is 9. The molecule has 0 bridgehead atoms. The highest BCUT2D eigenvalue weighted by molar-refractivity contribution is 7.99. The van der Waals surface area contributed by atoms with E-state index in [4.69, 9.17) is 4.52 Å². The lowest BCUT2D eigenvalue weighted by Crippen LogP contribution is -2.33. The summed E-state index contributed by atoms with van der Waals surface area (Å²) in [4.78, 5) is 17.2. The Morgan fingerprint density at radius 2 is 2.03 bits per heavy atom. The third-order valence-electron chi connectivity index (χ3n) is 5.07. The summed E-state index contributed by atoms with van der Waals surface area (Å²) in [5.41, 5.74) is 1.16. The van der Waals surface area contributed by atoms with Gasteiger partial charge in [0.15, 0.2) is 11.0 Å². The summed E-state index contributed by atoms with van der Waals surface area (Å²) < 4.78 is 7.45. The first kappa shape index (κ1) is 20.6. The second kappa shape index (κ2) is 8.99. The smallest absolute Gasteiger partial charge is 0.249 e. The average Bonchev–Trinajstić information content (AvgIpc) is 3.38. The predicted molar refractivity (Wildman–Crippen MR) is 113 cm³/mol. The van der Waals surface area contributed by atoms with Gasteiger partial charge in [0.25, 0.3) is 0 Å². The molecule has 4 rings (SSSR count). The molecule has 2 heterocycles. The first-order valence-corrected chi connectivity index (χ1v) is 11.2. The molecule has 1 fully saturated rings. The van der Waals surface area contributed by atoms with E-state index in [2.05, 4.69) is 37.8 Å². The van der Waals surface area contributed by atoms with Crippen LogP contribution in [0.4, 0.5) is 0 Å². The van der Waals surface area contributed by atoms with Gasteiger partial charge in [-0.25, -0.2) is 0 Å². The third kappa shape index (κ3) is 4.89. The van der Waals surface area contributed by atoms with E-state index in [1.54, 1.807) is 0 Å². The van der Waals surface area contributed by atoms with Gasteiger partial charge in [0.2, 0.25) is 11.8 Å². The Kier molecular flexibility index (Phi) is 6.17. The van der Waals surface area contributed by atoms with Crippen molar-refractivity contribution < 1.29 is 9.32 Å². The minimum absolute atomic E-state index is 0.100. The van der Waals surface area contributed by atoms with Crippen molar-refractivity contribution in [2.45, 2.75) is 57.3 Å². The van der Waals surface area contributed by atoms with Crippen molar-refractivity contribution in [1.29, 1.82) is 0 Å². The van der Waals surface area contributed by atoms with E-state index < -0.39 is 0 Å². The fourth-order valence-corrected chi connectivity index (χ4v) is 3.95. The van der Waals surface area contributed by atoms with Gasteiger partial charge in [0, 0.05) is 5.92 Å². The largest absolute Gasteiger partial charge is 0.343 e. The Morgan fingerprint density at radius 1 is 1.27 bits per heavy atom. The molecular weight excluding hydrogens is 400 g/mol. The van der Waals surface area contributed by atoms with Gasteiger partial charge in [0.1, 0.15) is 11.9 Å². The van der Waals surface area contributed by atoms with Crippen molar-refractivity contribution in [2.75, 3.05) is 5.75 Å². The van der Waals surface area contributed by atoms with Crippen molar-refractivity contribution >= 4 is 17.7 Å². The van der Waals surface area contributed by atoms with Gasteiger partial charge in [-0.05, 0) is 31.2 Å². The summed E-state index contributed by atoms with van der Waals surface area (Å²) >= 11 is 1.37. The second-order valence-electron chi connectivity index (χ2n) is 7.94. The molecule has 1 unspecified atom stereocenters. The minimum atomic E-state index is -0.304. The Hall–Kier alpha value is -2.68.